The van der Waals surface area contributed by atoms with Crippen LogP contribution in [0.3, 0.4) is 0 Å². The van der Waals surface area contributed by atoms with Crippen LogP contribution < -0.4 is 14.8 Å². The van der Waals surface area contributed by atoms with Crippen LogP contribution in [0.25, 0.3) is 0 Å². The Morgan fingerprint density at radius 2 is 1.88 bits per heavy atom. The lowest BCUT2D eigenvalue weighted by Crippen LogP contribution is -2.43. The van der Waals surface area contributed by atoms with E-state index in [0.717, 1.165) is 70.2 Å². The van der Waals surface area contributed by atoms with Crippen molar-refractivity contribution in [1.29, 1.82) is 0 Å². The Balaban J connectivity index is 2.01. The molecule has 0 amide bonds. The number of hydrogen-bond acceptors (Lipinski definition) is 5. The number of nitrogens with one attached hydrogen (secondary N) is 1. The first-order chi connectivity index (χ1) is 12.2. The minimum absolute atomic E-state index is 0.422. The smallest absolute Gasteiger partial charge is 0.127 e. The molecule has 25 heavy (non-hydrogen) atoms. The van der Waals surface area contributed by atoms with Gasteiger partial charge in [0.1, 0.15) is 11.5 Å². The first-order valence-corrected chi connectivity index (χ1v) is 9.67. The molecule has 1 fully saturated rings. The first-order valence-electron chi connectivity index (χ1n) is 9.67. The lowest BCUT2D eigenvalue weighted by molar-refractivity contribution is 0.182. The SMILES string of the molecule is CCC1c2c(OC)cc(CN3CCNCC3)c(OC)c2CCN1CC. The number of nitrogens with zero attached hydrogens (tertiary/aromatic N) is 2. The fraction of sp³-hybridized carbons (Fsp3) is 0.700. The van der Waals surface area contributed by atoms with E-state index in [1.807, 2.05) is 7.11 Å². The molecule has 1 unspecified atom stereocenters. The van der Waals surface area contributed by atoms with Gasteiger partial charge >= 0.3 is 0 Å². The molecule has 1 aromatic carbocycles. The van der Waals surface area contributed by atoms with Gasteiger partial charge in [-0.25, -0.2) is 0 Å². The number of methoxy groups -OCH3 is 2. The number of likely N-dealkylation sites (N-methyl/N-ethyl adjacent to an activating group) is 1. The van der Waals surface area contributed by atoms with Gasteiger partial charge < -0.3 is 14.8 Å². The Morgan fingerprint density at radius 3 is 2.48 bits per heavy atom. The van der Waals surface area contributed by atoms with Crippen molar-refractivity contribution in [2.45, 2.75) is 39.3 Å². The van der Waals surface area contributed by atoms with Gasteiger partial charge in [-0.1, -0.05) is 13.8 Å². The summed E-state index contributed by atoms with van der Waals surface area (Å²) in [4.78, 5) is 5.05. The highest BCUT2D eigenvalue weighted by molar-refractivity contribution is 5.56. The highest BCUT2D eigenvalue weighted by atomic mass is 16.5. The zero-order valence-corrected chi connectivity index (χ0v) is 16.2. The maximum absolute atomic E-state index is 5.93. The summed E-state index contributed by atoms with van der Waals surface area (Å²) in [6.07, 6.45) is 2.13. The Morgan fingerprint density at radius 1 is 1.12 bits per heavy atom. The van der Waals surface area contributed by atoms with E-state index in [0.29, 0.717) is 6.04 Å². The Labute approximate surface area is 152 Å². The maximum atomic E-state index is 5.93. The average molecular weight is 348 g/mol. The molecule has 0 spiro atoms. The van der Waals surface area contributed by atoms with Crippen LogP contribution in [-0.4, -0.2) is 63.3 Å². The molecule has 140 valence electrons. The van der Waals surface area contributed by atoms with Crippen LogP contribution >= 0.6 is 0 Å². The molecule has 0 saturated carbocycles. The van der Waals surface area contributed by atoms with Gasteiger partial charge in [0.2, 0.25) is 0 Å². The minimum atomic E-state index is 0.422. The topological polar surface area (TPSA) is 37.0 Å². The van der Waals surface area contributed by atoms with Crippen LogP contribution in [0.4, 0.5) is 0 Å². The summed E-state index contributed by atoms with van der Waals surface area (Å²) >= 11 is 0. The van der Waals surface area contributed by atoms with Crippen molar-refractivity contribution in [3.05, 3.63) is 22.8 Å². The molecule has 1 atom stereocenters. The quantitative estimate of drug-likeness (QED) is 0.855. The molecule has 1 saturated heterocycles. The highest BCUT2D eigenvalue weighted by Crippen LogP contribution is 2.44. The van der Waals surface area contributed by atoms with Crippen molar-refractivity contribution >= 4 is 0 Å². The molecule has 1 aromatic rings. The van der Waals surface area contributed by atoms with Gasteiger partial charge in [-0.15, -0.1) is 0 Å². The molecule has 0 bridgehead atoms. The largest absolute Gasteiger partial charge is 0.496 e. The molecule has 5 nitrogen and oxygen atoms in total. The van der Waals surface area contributed by atoms with Gasteiger partial charge in [0.25, 0.3) is 0 Å². The average Bonchev–Trinajstić information content (AvgIpc) is 2.67. The van der Waals surface area contributed by atoms with Crippen molar-refractivity contribution in [1.82, 2.24) is 15.1 Å². The summed E-state index contributed by atoms with van der Waals surface area (Å²) in [5, 5.41) is 3.42. The van der Waals surface area contributed by atoms with Crippen LogP contribution in [0.1, 0.15) is 43.0 Å². The molecule has 3 rings (SSSR count). The fourth-order valence-electron chi connectivity index (χ4n) is 4.47. The van der Waals surface area contributed by atoms with Crippen molar-refractivity contribution in [2.24, 2.45) is 0 Å². The molecule has 2 aliphatic rings. The summed E-state index contributed by atoms with van der Waals surface area (Å²) in [5.74, 6) is 2.12. The zero-order valence-electron chi connectivity index (χ0n) is 16.2. The zero-order chi connectivity index (χ0) is 17.8. The van der Waals surface area contributed by atoms with Gasteiger partial charge in [0, 0.05) is 62.0 Å². The lowest BCUT2D eigenvalue weighted by atomic mass is 9.87. The van der Waals surface area contributed by atoms with Crippen molar-refractivity contribution in [3.63, 3.8) is 0 Å². The lowest BCUT2D eigenvalue weighted by Gasteiger charge is -2.38. The Hall–Kier alpha value is -1.30. The third-order valence-corrected chi connectivity index (χ3v) is 5.71. The van der Waals surface area contributed by atoms with Gasteiger partial charge in [-0.05, 0) is 25.5 Å². The Bertz CT molecular complexity index is 585. The number of piperazine rings is 1. The van der Waals surface area contributed by atoms with Crippen LogP contribution in [0.15, 0.2) is 6.07 Å². The highest BCUT2D eigenvalue weighted by Gasteiger charge is 2.32. The predicted octanol–water partition coefficient (Wildman–Crippen LogP) is 2.44. The van der Waals surface area contributed by atoms with E-state index in [9.17, 15) is 0 Å². The van der Waals surface area contributed by atoms with Crippen molar-refractivity contribution in [3.8, 4) is 11.5 Å². The summed E-state index contributed by atoms with van der Waals surface area (Å²) in [7, 11) is 3.62. The van der Waals surface area contributed by atoms with Gasteiger partial charge in [0.15, 0.2) is 0 Å². The summed E-state index contributed by atoms with van der Waals surface area (Å²) in [5.41, 5.74) is 3.97. The van der Waals surface area contributed by atoms with Crippen LogP contribution in [-0.2, 0) is 13.0 Å². The molecule has 2 heterocycles. The molecule has 1 N–H and O–H groups in total. The van der Waals surface area contributed by atoms with Crippen LogP contribution in [0, 0.1) is 0 Å². The number of hydrogen-bond donors (Lipinski definition) is 1. The second-order valence-corrected chi connectivity index (χ2v) is 6.99. The summed E-state index contributed by atoms with van der Waals surface area (Å²) in [6.45, 7) is 11.9. The molecular formula is C20H33N3O2. The molecule has 0 aliphatic carbocycles. The second kappa shape index (κ2) is 8.39. The summed E-state index contributed by atoms with van der Waals surface area (Å²) < 4.78 is 11.8. The number of benzene rings is 1. The number of fused-ring (bicyclic) bond motifs is 1. The van der Waals surface area contributed by atoms with Gasteiger partial charge in [0.05, 0.1) is 14.2 Å². The van der Waals surface area contributed by atoms with E-state index in [-0.39, 0.29) is 0 Å². The van der Waals surface area contributed by atoms with E-state index in [4.69, 9.17) is 9.47 Å². The van der Waals surface area contributed by atoms with E-state index in [1.54, 1.807) is 7.11 Å². The van der Waals surface area contributed by atoms with E-state index < -0.39 is 0 Å². The molecule has 0 radical (unpaired) electrons. The molecule has 0 aromatic heterocycles. The van der Waals surface area contributed by atoms with Crippen LogP contribution in [0.2, 0.25) is 0 Å². The summed E-state index contributed by atoms with van der Waals surface area (Å²) in [6, 6.07) is 2.65. The molecular weight excluding hydrogens is 314 g/mol. The monoisotopic (exact) mass is 347 g/mol. The molecule has 5 heteroatoms. The van der Waals surface area contributed by atoms with Crippen molar-refractivity contribution < 1.29 is 9.47 Å². The van der Waals surface area contributed by atoms with E-state index in [2.05, 4.69) is 35.0 Å². The maximum Gasteiger partial charge on any atom is 0.127 e. The fourth-order valence-corrected chi connectivity index (χ4v) is 4.47. The molecule has 2 aliphatic heterocycles. The third-order valence-electron chi connectivity index (χ3n) is 5.71. The van der Waals surface area contributed by atoms with Crippen LogP contribution in [0.5, 0.6) is 11.5 Å². The van der Waals surface area contributed by atoms with Gasteiger partial charge in [-0.2, -0.15) is 0 Å². The minimum Gasteiger partial charge on any atom is -0.496 e. The van der Waals surface area contributed by atoms with Gasteiger partial charge in [-0.3, -0.25) is 9.80 Å². The third kappa shape index (κ3) is 3.64. The van der Waals surface area contributed by atoms with E-state index in [1.165, 1.54) is 16.7 Å². The normalized spacial score (nSPS) is 21.8. The number of rotatable bonds is 6. The predicted molar refractivity (Wildman–Crippen MR) is 102 cm³/mol. The number of ether oxygens (including phenoxy) is 2. The standard InChI is InChI=1S/C20H33N3O2/c1-5-17-19-16(7-10-23(17)6-2)20(25-4)15(13-18(19)24-3)14-22-11-8-21-9-12-22/h13,17,21H,5-12,14H2,1-4H3. The van der Waals surface area contributed by atoms with E-state index >= 15 is 0 Å². The van der Waals surface area contributed by atoms with Crippen molar-refractivity contribution in [2.75, 3.05) is 53.5 Å². The Kier molecular flexibility index (Phi) is 6.20. The second-order valence-electron chi connectivity index (χ2n) is 6.99. The first kappa shape index (κ1) is 18.5.